The summed E-state index contributed by atoms with van der Waals surface area (Å²) in [5.74, 6) is 0. The standard InChI is InChI=1S/2C4H8O/c2*1-2-3-4-5/h2*4H,2-3H2,1H3. The molecule has 0 bridgehead atoms. The minimum atomic E-state index is 0.708. The van der Waals surface area contributed by atoms with Crippen molar-refractivity contribution in [1.29, 1.82) is 0 Å². The predicted octanol–water partition coefficient (Wildman–Crippen LogP) is 1.97. The van der Waals surface area contributed by atoms with Crippen molar-refractivity contribution >= 4 is 12.6 Å². The van der Waals surface area contributed by atoms with Crippen LogP contribution >= 0.6 is 0 Å². The van der Waals surface area contributed by atoms with E-state index < -0.39 is 0 Å². The number of hydrogen-bond donors (Lipinski definition) is 0. The van der Waals surface area contributed by atoms with Crippen LogP contribution in [0, 0.1) is 0 Å². The van der Waals surface area contributed by atoms with Crippen LogP contribution in [0.1, 0.15) is 39.5 Å². The number of hydrogen-bond acceptors (Lipinski definition) is 2. The molecule has 0 fully saturated rings. The van der Waals surface area contributed by atoms with Crippen LogP contribution in [0.15, 0.2) is 0 Å². The molecule has 0 amide bonds. The number of rotatable bonds is 4. The maximum atomic E-state index is 9.40. The third-order valence-electron chi connectivity index (χ3n) is 0.813. The van der Waals surface area contributed by atoms with Gasteiger partial charge in [0.1, 0.15) is 12.6 Å². The van der Waals surface area contributed by atoms with Crippen molar-refractivity contribution in [3.8, 4) is 0 Å². The number of unbranched alkanes of at least 4 members (excludes halogenated alkanes) is 2. The maximum Gasteiger partial charge on any atom is 0.119 e. The minimum Gasteiger partial charge on any atom is -0.303 e. The lowest BCUT2D eigenvalue weighted by molar-refractivity contribution is -0.108. The van der Waals surface area contributed by atoms with Gasteiger partial charge in [-0.1, -0.05) is 13.8 Å². The van der Waals surface area contributed by atoms with Gasteiger partial charge in [0.2, 0.25) is 0 Å². The van der Waals surface area contributed by atoms with Gasteiger partial charge >= 0.3 is 0 Å². The summed E-state index contributed by atoms with van der Waals surface area (Å²) in [5, 5.41) is 0. The van der Waals surface area contributed by atoms with Gasteiger partial charge in [0.25, 0.3) is 0 Å². The van der Waals surface area contributed by atoms with Crippen molar-refractivity contribution in [2.75, 3.05) is 0 Å². The first-order valence-electron chi connectivity index (χ1n) is 3.70. The summed E-state index contributed by atoms with van der Waals surface area (Å²) < 4.78 is 0. The Bertz CT molecular complexity index is 59.7. The first-order chi connectivity index (χ1) is 4.83. The van der Waals surface area contributed by atoms with Gasteiger partial charge in [0.05, 0.1) is 0 Å². The average molecular weight is 144 g/mol. The Morgan fingerprint density at radius 3 is 1.20 bits per heavy atom. The van der Waals surface area contributed by atoms with Crippen LogP contribution in [0.25, 0.3) is 0 Å². The highest BCUT2D eigenvalue weighted by Gasteiger charge is 1.67. The third kappa shape index (κ3) is 26.4. The molecule has 0 heterocycles. The molecular formula is C8H16O2. The molecule has 0 unspecified atom stereocenters. The van der Waals surface area contributed by atoms with E-state index in [2.05, 4.69) is 0 Å². The quantitative estimate of drug-likeness (QED) is 0.565. The zero-order valence-corrected chi connectivity index (χ0v) is 6.80. The third-order valence-corrected chi connectivity index (χ3v) is 0.813. The van der Waals surface area contributed by atoms with Crippen molar-refractivity contribution in [3.05, 3.63) is 0 Å². The van der Waals surface area contributed by atoms with E-state index >= 15 is 0 Å². The van der Waals surface area contributed by atoms with Crippen LogP contribution in [0.5, 0.6) is 0 Å². The molecule has 0 N–H and O–H groups in total. The Morgan fingerprint density at radius 1 is 0.900 bits per heavy atom. The van der Waals surface area contributed by atoms with Crippen LogP contribution < -0.4 is 0 Å². The summed E-state index contributed by atoms with van der Waals surface area (Å²) in [5.41, 5.74) is 0. The second-order valence-corrected chi connectivity index (χ2v) is 1.91. The molecule has 0 aromatic carbocycles. The zero-order valence-electron chi connectivity index (χ0n) is 6.80. The number of carbonyl (C=O) groups is 2. The number of carbonyl (C=O) groups excluding carboxylic acids is 2. The normalized spacial score (nSPS) is 7.40. The smallest absolute Gasteiger partial charge is 0.119 e. The maximum absolute atomic E-state index is 9.40. The molecule has 0 aromatic heterocycles. The van der Waals surface area contributed by atoms with Gasteiger partial charge in [0, 0.05) is 12.8 Å². The molecule has 2 heteroatoms. The van der Waals surface area contributed by atoms with E-state index in [1.165, 1.54) is 0 Å². The van der Waals surface area contributed by atoms with E-state index in [1.807, 2.05) is 13.8 Å². The Labute approximate surface area is 62.6 Å². The van der Waals surface area contributed by atoms with E-state index in [0.29, 0.717) is 12.8 Å². The molecule has 0 rings (SSSR count). The highest BCUT2D eigenvalue weighted by atomic mass is 16.1. The summed E-state index contributed by atoms with van der Waals surface area (Å²) in [6.45, 7) is 3.96. The molecule has 0 saturated carbocycles. The molecule has 0 aliphatic carbocycles. The number of aldehydes is 2. The first-order valence-corrected chi connectivity index (χ1v) is 3.70. The van der Waals surface area contributed by atoms with E-state index in [9.17, 15) is 9.59 Å². The highest BCUT2D eigenvalue weighted by molar-refractivity contribution is 5.49. The molecule has 60 valence electrons. The lowest BCUT2D eigenvalue weighted by Crippen LogP contribution is -1.64. The van der Waals surface area contributed by atoms with E-state index in [-0.39, 0.29) is 0 Å². The van der Waals surface area contributed by atoms with Gasteiger partial charge in [-0.3, -0.25) is 0 Å². The largest absolute Gasteiger partial charge is 0.303 e. The van der Waals surface area contributed by atoms with Crippen molar-refractivity contribution in [2.45, 2.75) is 39.5 Å². The molecule has 0 radical (unpaired) electrons. The summed E-state index contributed by atoms with van der Waals surface area (Å²) in [6.07, 6.45) is 5.23. The topological polar surface area (TPSA) is 34.1 Å². The van der Waals surface area contributed by atoms with Crippen LogP contribution in [0.2, 0.25) is 0 Å². The van der Waals surface area contributed by atoms with Crippen molar-refractivity contribution < 1.29 is 9.59 Å². The van der Waals surface area contributed by atoms with Gasteiger partial charge in [0.15, 0.2) is 0 Å². The van der Waals surface area contributed by atoms with Gasteiger partial charge in [-0.15, -0.1) is 0 Å². The second-order valence-electron chi connectivity index (χ2n) is 1.91. The second kappa shape index (κ2) is 15.8. The van der Waals surface area contributed by atoms with Crippen LogP contribution in [0.4, 0.5) is 0 Å². The van der Waals surface area contributed by atoms with E-state index in [0.717, 1.165) is 25.4 Å². The summed E-state index contributed by atoms with van der Waals surface area (Å²) in [4.78, 5) is 18.8. The Morgan fingerprint density at radius 2 is 1.20 bits per heavy atom. The molecule has 0 aromatic rings. The Hall–Kier alpha value is -0.660. The molecule has 0 spiro atoms. The fourth-order valence-electron chi connectivity index (χ4n) is 0.236. The monoisotopic (exact) mass is 144 g/mol. The van der Waals surface area contributed by atoms with Gasteiger partial charge in [-0.05, 0) is 12.8 Å². The molecule has 2 nitrogen and oxygen atoms in total. The van der Waals surface area contributed by atoms with Crippen LogP contribution in [-0.4, -0.2) is 12.6 Å². The van der Waals surface area contributed by atoms with Gasteiger partial charge in [-0.2, -0.15) is 0 Å². The molecule has 0 aliphatic heterocycles. The average Bonchev–Trinajstić information content (AvgIpc) is 1.93. The molecule has 10 heavy (non-hydrogen) atoms. The summed E-state index contributed by atoms with van der Waals surface area (Å²) >= 11 is 0. The van der Waals surface area contributed by atoms with E-state index in [4.69, 9.17) is 0 Å². The zero-order chi connectivity index (χ0) is 8.24. The summed E-state index contributed by atoms with van der Waals surface area (Å²) in [7, 11) is 0. The van der Waals surface area contributed by atoms with Crippen molar-refractivity contribution in [2.24, 2.45) is 0 Å². The van der Waals surface area contributed by atoms with Crippen molar-refractivity contribution in [1.82, 2.24) is 0 Å². The Kier molecular flexibility index (Phi) is 19.0. The lowest BCUT2D eigenvalue weighted by Gasteiger charge is -1.68. The van der Waals surface area contributed by atoms with Crippen LogP contribution in [0.3, 0.4) is 0 Å². The molecular weight excluding hydrogens is 128 g/mol. The van der Waals surface area contributed by atoms with Gasteiger partial charge < -0.3 is 9.59 Å². The van der Waals surface area contributed by atoms with E-state index in [1.54, 1.807) is 0 Å². The van der Waals surface area contributed by atoms with Gasteiger partial charge in [-0.25, -0.2) is 0 Å². The Balaban J connectivity index is 0. The lowest BCUT2D eigenvalue weighted by atomic mass is 10.4. The molecule has 0 atom stereocenters. The van der Waals surface area contributed by atoms with Crippen molar-refractivity contribution in [3.63, 3.8) is 0 Å². The molecule has 0 aliphatic rings. The molecule has 0 saturated heterocycles. The minimum absolute atomic E-state index is 0.708. The predicted molar refractivity (Wildman–Crippen MR) is 41.9 cm³/mol. The first kappa shape index (κ1) is 12.1. The van der Waals surface area contributed by atoms with Crippen LogP contribution in [-0.2, 0) is 9.59 Å². The fraction of sp³-hybridized carbons (Fsp3) is 0.750. The highest BCUT2D eigenvalue weighted by Crippen LogP contribution is 1.75. The summed E-state index contributed by atoms with van der Waals surface area (Å²) in [6, 6.07) is 0. The fourth-order valence-corrected chi connectivity index (χ4v) is 0.236. The SMILES string of the molecule is CCCC=O.CCCC=O.